The van der Waals surface area contributed by atoms with Gasteiger partial charge in [0.15, 0.2) is 0 Å². The Hall–Kier alpha value is -0.400. The number of nitrogens with two attached hydrogens (primary N) is 1. The molecule has 17 heavy (non-hydrogen) atoms. The Bertz CT molecular complexity index is 466. The largest absolute Gasteiger partial charge is 0.385 e. The first kappa shape index (κ1) is 13.0. The number of halogens is 2. The summed E-state index contributed by atoms with van der Waals surface area (Å²) in [5.41, 5.74) is 5.84. The van der Waals surface area contributed by atoms with E-state index in [0.717, 1.165) is 19.6 Å². The Morgan fingerprint density at radius 3 is 2.82 bits per heavy atom. The topological polar surface area (TPSA) is 58.7 Å². The minimum atomic E-state index is -0.241. The van der Waals surface area contributed by atoms with Crippen LogP contribution in [0, 0.1) is 0 Å². The number of hydrogen-bond acceptors (Lipinski definition) is 3. The molecule has 1 unspecified atom stereocenters. The van der Waals surface area contributed by atoms with Crippen LogP contribution >= 0.6 is 43.2 Å². The van der Waals surface area contributed by atoms with E-state index < -0.39 is 0 Å². The maximum atomic E-state index is 11.7. The lowest BCUT2D eigenvalue weighted by Gasteiger charge is -2.22. The van der Waals surface area contributed by atoms with Gasteiger partial charge in [0.25, 0.3) is 0 Å². The van der Waals surface area contributed by atoms with Crippen molar-refractivity contribution in [2.24, 2.45) is 10.7 Å². The molecule has 0 saturated heterocycles. The van der Waals surface area contributed by atoms with Gasteiger partial charge in [0.2, 0.25) is 0 Å². The summed E-state index contributed by atoms with van der Waals surface area (Å²) in [7, 11) is 0. The molecule has 0 aliphatic carbocycles. The lowest BCUT2D eigenvalue weighted by atomic mass is 10.2. The molecule has 1 aromatic rings. The average Bonchev–Trinajstić information content (AvgIpc) is 2.70. The fourth-order valence-electron chi connectivity index (χ4n) is 1.77. The van der Waals surface area contributed by atoms with Crippen molar-refractivity contribution in [1.82, 2.24) is 4.90 Å². The number of aliphatic imine (C=N–C) groups is 1. The van der Waals surface area contributed by atoms with Crippen molar-refractivity contribution in [3.8, 4) is 0 Å². The van der Waals surface area contributed by atoms with E-state index in [1.54, 1.807) is 16.2 Å². The van der Waals surface area contributed by atoms with Gasteiger partial charge in [-0.05, 0) is 44.3 Å². The summed E-state index contributed by atoms with van der Waals surface area (Å²) in [5.74, 6) is 0.379. The second-order valence-electron chi connectivity index (χ2n) is 3.69. The quantitative estimate of drug-likeness (QED) is 0.871. The minimum absolute atomic E-state index is 0.213. The van der Waals surface area contributed by atoms with Crippen molar-refractivity contribution < 1.29 is 4.79 Å². The van der Waals surface area contributed by atoms with Crippen LogP contribution in [0.2, 0.25) is 0 Å². The molecule has 0 radical (unpaired) electrons. The number of nitrogens with zero attached hydrogens (tertiary/aromatic N) is 2. The minimum Gasteiger partial charge on any atom is -0.385 e. The van der Waals surface area contributed by atoms with Crippen molar-refractivity contribution in [3.63, 3.8) is 0 Å². The van der Waals surface area contributed by atoms with Crippen LogP contribution in [0.1, 0.15) is 24.3 Å². The smallest absolute Gasteiger partial charge is 0.346 e. The van der Waals surface area contributed by atoms with Crippen LogP contribution in [-0.2, 0) is 0 Å². The molecule has 0 spiro atoms. The van der Waals surface area contributed by atoms with Crippen molar-refractivity contribution in [1.29, 1.82) is 0 Å². The van der Waals surface area contributed by atoms with Crippen molar-refractivity contribution in [2.75, 3.05) is 6.54 Å². The Morgan fingerprint density at radius 2 is 2.29 bits per heavy atom. The van der Waals surface area contributed by atoms with E-state index in [1.807, 2.05) is 13.0 Å². The maximum absolute atomic E-state index is 11.7. The summed E-state index contributed by atoms with van der Waals surface area (Å²) in [6, 6.07) is 1.52. The lowest BCUT2D eigenvalue weighted by molar-refractivity contribution is 0.207. The zero-order valence-corrected chi connectivity index (χ0v) is 13.1. The molecule has 1 aromatic heterocycles. The molecule has 2 heterocycles. The van der Waals surface area contributed by atoms with Gasteiger partial charge >= 0.3 is 6.03 Å². The summed E-state index contributed by atoms with van der Waals surface area (Å²) in [6.45, 7) is 2.69. The number of carbonyl (C=O) groups is 1. The van der Waals surface area contributed by atoms with Crippen LogP contribution in [0.3, 0.4) is 0 Å². The number of urea groups is 1. The highest BCUT2D eigenvalue weighted by molar-refractivity contribution is 9.13. The predicted molar refractivity (Wildman–Crippen MR) is 76.5 cm³/mol. The van der Waals surface area contributed by atoms with Crippen LogP contribution in [0.25, 0.3) is 0 Å². The summed E-state index contributed by atoms with van der Waals surface area (Å²) >= 11 is 8.44. The standard InChI is InChI=1S/C10H11Br2N3OS/c1-2-3-15-7(9(13)14-10(15)16)6-4-5(11)8(12)17-6/h4,7H,2-3H2,1H3,(H2,13,14,16). The molecule has 0 fully saturated rings. The number of hydrogen-bond donors (Lipinski definition) is 1. The molecule has 2 amide bonds. The second kappa shape index (κ2) is 5.07. The number of thiophene rings is 1. The highest BCUT2D eigenvalue weighted by Gasteiger charge is 2.35. The first-order valence-electron chi connectivity index (χ1n) is 5.14. The molecule has 0 aromatic carbocycles. The van der Waals surface area contributed by atoms with E-state index in [-0.39, 0.29) is 12.1 Å². The molecule has 4 nitrogen and oxygen atoms in total. The van der Waals surface area contributed by atoms with Gasteiger partial charge < -0.3 is 10.6 Å². The molecule has 2 N–H and O–H groups in total. The van der Waals surface area contributed by atoms with Gasteiger partial charge in [0, 0.05) is 15.9 Å². The normalized spacial score (nSPS) is 19.9. The molecular formula is C10H11Br2N3OS. The third-order valence-electron chi connectivity index (χ3n) is 2.46. The van der Waals surface area contributed by atoms with E-state index in [0.29, 0.717) is 12.4 Å². The Balaban J connectivity index is 2.35. The number of amides is 2. The molecular weight excluding hydrogens is 370 g/mol. The third-order valence-corrected chi connectivity index (χ3v) is 5.77. The maximum Gasteiger partial charge on any atom is 0.346 e. The Kier molecular flexibility index (Phi) is 3.89. The summed E-state index contributed by atoms with van der Waals surface area (Å²) in [5, 5.41) is 0. The van der Waals surface area contributed by atoms with E-state index in [2.05, 4.69) is 36.9 Å². The van der Waals surface area contributed by atoms with Gasteiger partial charge in [-0.15, -0.1) is 11.3 Å². The number of rotatable bonds is 3. The lowest BCUT2D eigenvalue weighted by Crippen LogP contribution is -2.33. The monoisotopic (exact) mass is 379 g/mol. The highest BCUT2D eigenvalue weighted by atomic mass is 79.9. The molecule has 0 bridgehead atoms. The van der Waals surface area contributed by atoms with Crippen LogP contribution in [0.5, 0.6) is 0 Å². The van der Waals surface area contributed by atoms with E-state index >= 15 is 0 Å². The van der Waals surface area contributed by atoms with Crippen molar-refractivity contribution in [3.05, 3.63) is 19.2 Å². The van der Waals surface area contributed by atoms with Gasteiger partial charge in [-0.1, -0.05) is 6.92 Å². The zero-order chi connectivity index (χ0) is 12.6. The van der Waals surface area contributed by atoms with Gasteiger partial charge in [0.05, 0.1) is 3.79 Å². The molecule has 1 aliphatic heterocycles. The molecule has 1 atom stereocenters. The second-order valence-corrected chi connectivity index (χ2v) is 6.94. The molecule has 92 valence electrons. The van der Waals surface area contributed by atoms with Crippen LogP contribution in [-0.4, -0.2) is 23.3 Å². The van der Waals surface area contributed by atoms with Gasteiger partial charge in [0.1, 0.15) is 11.9 Å². The van der Waals surface area contributed by atoms with Gasteiger partial charge in [-0.3, -0.25) is 0 Å². The van der Waals surface area contributed by atoms with E-state index in [9.17, 15) is 4.79 Å². The van der Waals surface area contributed by atoms with Crippen molar-refractivity contribution >= 4 is 55.1 Å². The summed E-state index contributed by atoms with van der Waals surface area (Å²) < 4.78 is 1.97. The average molecular weight is 381 g/mol. The van der Waals surface area contributed by atoms with Gasteiger partial charge in [-0.25, -0.2) is 4.79 Å². The molecule has 0 saturated carbocycles. The Labute approximate surface area is 120 Å². The van der Waals surface area contributed by atoms with E-state index in [4.69, 9.17) is 5.73 Å². The van der Waals surface area contributed by atoms with Crippen LogP contribution in [0.4, 0.5) is 4.79 Å². The highest BCUT2D eigenvalue weighted by Crippen LogP contribution is 2.39. The fraction of sp³-hybridized carbons (Fsp3) is 0.400. The Morgan fingerprint density at radius 1 is 1.59 bits per heavy atom. The van der Waals surface area contributed by atoms with Crippen LogP contribution in [0.15, 0.2) is 19.3 Å². The predicted octanol–water partition coefficient (Wildman–Crippen LogP) is 3.52. The summed E-state index contributed by atoms with van der Waals surface area (Å²) in [4.78, 5) is 18.3. The number of amidine groups is 1. The van der Waals surface area contributed by atoms with Crippen molar-refractivity contribution in [2.45, 2.75) is 19.4 Å². The SMILES string of the molecule is CCCN1C(=O)N=C(N)C1c1cc(Br)c(Br)s1. The fourth-order valence-corrected chi connectivity index (χ4v) is 3.98. The summed E-state index contributed by atoms with van der Waals surface area (Å²) in [6.07, 6.45) is 0.888. The number of carbonyl (C=O) groups excluding carboxylic acids is 1. The molecule has 2 rings (SSSR count). The van der Waals surface area contributed by atoms with E-state index in [1.165, 1.54) is 0 Å². The third kappa shape index (κ3) is 2.41. The molecule has 7 heteroatoms. The molecule has 1 aliphatic rings. The van der Waals surface area contributed by atoms with Crippen LogP contribution < -0.4 is 5.73 Å². The zero-order valence-electron chi connectivity index (χ0n) is 9.11. The van der Waals surface area contributed by atoms with Gasteiger partial charge in [-0.2, -0.15) is 4.99 Å². The first-order valence-corrected chi connectivity index (χ1v) is 7.54. The first-order chi connectivity index (χ1) is 8.04.